The molecule has 33 heavy (non-hydrogen) atoms. The number of aromatic nitrogens is 1. The van der Waals surface area contributed by atoms with E-state index in [1.165, 1.54) is 25.7 Å². The van der Waals surface area contributed by atoms with Crippen LogP contribution in [0.3, 0.4) is 0 Å². The molecule has 0 spiro atoms. The predicted molar refractivity (Wildman–Crippen MR) is 135 cm³/mol. The Morgan fingerprint density at radius 3 is 2.15 bits per heavy atom. The number of nitrogens with zero attached hydrogens (tertiary/aromatic N) is 2. The Morgan fingerprint density at radius 2 is 1.58 bits per heavy atom. The van der Waals surface area contributed by atoms with Crippen molar-refractivity contribution in [1.29, 1.82) is 0 Å². The van der Waals surface area contributed by atoms with Gasteiger partial charge >= 0.3 is 0 Å². The van der Waals surface area contributed by atoms with Crippen LogP contribution in [-0.4, -0.2) is 30.1 Å². The number of nitrogens with two attached hydrogens (primary N) is 1. The average Bonchev–Trinajstić information content (AvgIpc) is 3.09. The molecule has 2 aromatic carbocycles. The van der Waals surface area contributed by atoms with Gasteiger partial charge in [-0.05, 0) is 80.6 Å². The van der Waals surface area contributed by atoms with Gasteiger partial charge in [0, 0.05) is 36.0 Å². The number of carbonyl (C=O) groups excluding carboxylic acids is 1. The first-order valence-corrected chi connectivity index (χ1v) is 11.9. The SMILES string of the molecule is Cc1ccc(C(N)=O)c(-c2ccc(N3CCCCCC3)nc2)c1-c1ccc(OC(C)C)cc1. The summed E-state index contributed by atoms with van der Waals surface area (Å²) in [5.41, 5.74) is 11.1. The minimum absolute atomic E-state index is 0.111. The van der Waals surface area contributed by atoms with E-state index < -0.39 is 5.91 Å². The first kappa shape index (κ1) is 22.8. The smallest absolute Gasteiger partial charge is 0.249 e. The van der Waals surface area contributed by atoms with Crippen molar-refractivity contribution in [2.75, 3.05) is 18.0 Å². The Kier molecular flexibility index (Phi) is 6.97. The van der Waals surface area contributed by atoms with E-state index in [9.17, 15) is 4.79 Å². The summed E-state index contributed by atoms with van der Waals surface area (Å²) in [5.74, 6) is 1.37. The van der Waals surface area contributed by atoms with Crippen LogP contribution in [0.15, 0.2) is 54.7 Å². The van der Waals surface area contributed by atoms with Gasteiger partial charge in [-0.15, -0.1) is 0 Å². The van der Waals surface area contributed by atoms with Gasteiger partial charge in [-0.1, -0.05) is 31.0 Å². The lowest BCUT2D eigenvalue weighted by Gasteiger charge is -2.22. The number of rotatable bonds is 6. The number of amides is 1. The highest BCUT2D eigenvalue weighted by molar-refractivity contribution is 6.04. The number of carbonyl (C=O) groups is 1. The molecule has 0 aliphatic carbocycles. The van der Waals surface area contributed by atoms with Gasteiger partial charge in [-0.3, -0.25) is 4.79 Å². The van der Waals surface area contributed by atoms with Crippen molar-refractivity contribution in [1.82, 2.24) is 4.98 Å². The molecule has 5 nitrogen and oxygen atoms in total. The maximum absolute atomic E-state index is 12.4. The summed E-state index contributed by atoms with van der Waals surface area (Å²) in [4.78, 5) is 19.5. The van der Waals surface area contributed by atoms with Crippen molar-refractivity contribution in [3.63, 3.8) is 0 Å². The van der Waals surface area contributed by atoms with Crippen LogP contribution in [0.4, 0.5) is 5.82 Å². The Hall–Kier alpha value is -3.34. The normalized spacial score (nSPS) is 14.2. The molecule has 2 heterocycles. The summed E-state index contributed by atoms with van der Waals surface area (Å²) in [6.07, 6.45) is 6.96. The van der Waals surface area contributed by atoms with Crippen LogP contribution in [-0.2, 0) is 0 Å². The maximum Gasteiger partial charge on any atom is 0.249 e. The summed E-state index contributed by atoms with van der Waals surface area (Å²) in [5, 5.41) is 0. The summed E-state index contributed by atoms with van der Waals surface area (Å²) in [7, 11) is 0. The van der Waals surface area contributed by atoms with Gasteiger partial charge in [0.05, 0.1) is 6.10 Å². The Morgan fingerprint density at radius 1 is 0.909 bits per heavy atom. The molecule has 0 bridgehead atoms. The molecule has 1 aliphatic heterocycles. The fraction of sp³-hybridized carbons (Fsp3) is 0.357. The molecule has 172 valence electrons. The van der Waals surface area contributed by atoms with E-state index in [-0.39, 0.29) is 6.10 Å². The molecule has 0 radical (unpaired) electrons. The molecule has 1 fully saturated rings. The zero-order valence-corrected chi connectivity index (χ0v) is 19.8. The monoisotopic (exact) mass is 443 g/mol. The van der Waals surface area contributed by atoms with Crippen LogP contribution in [0.25, 0.3) is 22.3 Å². The van der Waals surface area contributed by atoms with Crippen molar-refractivity contribution in [2.24, 2.45) is 5.73 Å². The van der Waals surface area contributed by atoms with Gasteiger partial charge in [0.15, 0.2) is 0 Å². The zero-order valence-electron chi connectivity index (χ0n) is 19.8. The fourth-order valence-electron chi connectivity index (χ4n) is 4.58. The number of aryl methyl sites for hydroxylation is 1. The summed E-state index contributed by atoms with van der Waals surface area (Å²) < 4.78 is 5.80. The van der Waals surface area contributed by atoms with Crippen molar-refractivity contribution in [2.45, 2.75) is 52.6 Å². The lowest BCUT2D eigenvalue weighted by molar-refractivity contribution is 0.100. The van der Waals surface area contributed by atoms with Gasteiger partial charge in [0.1, 0.15) is 11.6 Å². The molecule has 0 saturated carbocycles. The standard InChI is InChI=1S/C28H33N3O2/c1-19(2)33-23-12-9-21(10-13-23)26-20(3)8-14-24(28(29)32)27(26)22-11-15-25(30-18-22)31-16-6-4-5-7-17-31/h8-15,18-19H,4-7,16-17H2,1-3H3,(H2,29,32). The number of benzene rings is 2. The number of pyridine rings is 1. The summed E-state index contributed by atoms with van der Waals surface area (Å²) in [6.45, 7) is 8.16. The highest BCUT2D eigenvalue weighted by Gasteiger charge is 2.19. The van der Waals surface area contributed by atoms with E-state index in [4.69, 9.17) is 15.5 Å². The third-order valence-electron chi connectivity index (χ3n) is 6.16. The van der Waals surface area contributed by atoms with E-state index >= 15 is 0 Å². The van der Waals surface area contributed by atoms with E-state index in [1.807, 2.05) is 56.4 Å². The van der Waals surface area contributed by atoms with Crippen LogP contribution in [0, 0.1) is 6.92 Å². The number of anilines is 1. The molecule has 1 aliphatic rings. The molecule has 2 N–H and O–H groups in total. The second-order valence-electron chi connectivity index (χ2n) is 9.04. The van der Waals surface area contributed by atoms with Crippen molar-refractivity contribution >= 4 is 11.7 Å². The van der Waals surface area contributed by atoms with Crippen LogP contribution in [0.1, 0.15) is 55.5 Å². The van der Waals surface area contributed by atoms with Gasteiger partial charge in [0.25, 0.3) is 0 Å². The number of hydrogen-bond acceptors (Lipinski definition) is 4. The lowest BCUT2D eigenvalue weighted by Crippen LogP contribution is -2.24. The molecule has 1 saturated heterocycles. The number of hydrogen-bond donors (Lipinski definition) is 1. The zero-order chi connectivity index (χ0) is 23.4. The Labute approximate surface area is 196 Å². The van der Waals surface area contributed by atoms with E-state index in [1.54, 1.807) is 0 Å². The predicted octanol–water partition coefficient (Wildman–Crippen LogP) is 5.99. The second-order valence-corrected chi connectivity index (χ2v) is 9.04. The topological polar surface area (TPSA) is 68.5 Å². The van der Waals surface area contributed by atoms with Crippen LogP contribution >= 0.6 is 0 Å². The first-order valence-electron chi connectivity index (χ1n) is 11.9. The van der Waals surface area contributed by atoms with Crippen molar-refractivity contribution in [3.05, 3.63) is 65.9 Å². The fourth-order valence-corrected chi connectivity index (χ4v) is 4.58. The van der Waals surface area contributed by atoms with Gasteiger partial charge in [-0.25, -0.2) is 4.98 Å². The summed E-state index contributed by atoms with van der Waals surface area (Å²) >= 11 is 0. The molecule has 5 heteroatoms. The Balaban J connectivity index is 1.77. The van der Waals surface area contributed by atoms with Crippen LogP contribution in [0.2, 0.25) is 0 Å². The van der Waals surface area contributed by atoms with E-state index in [0.29, 0.717) is 5.56 Å². The van der Waals surface area contributed by atoms with Crippen LogP contribution in [0.5, 0.6) is 5.75 Å². The van der Waals surface area contributed by atoms with E-state index in [0.717, 1.165) is 52.5 Å². The molecular weight excluding hydrogens is 410 g/mol. The highest BCUT2D eigenvalue weighted by atomic mass is 16.5. The maximum atomic E-state index is 12.4. The average molecular weight is 444 g/mol. The third kappa shape index (κ3) is 5.19. The molecule has 3 aromatic rings. The molecule has 4 rings (SSSR count). The second kappa shape index (κ2) is 10.1. The minimum atomic E-state index is -0.442. The van der Waals surface area contributed by atoms with E-state index in [2.05, 4.69) is 24.0 Å². The molecular formula is C28H33N3O2. The summed E-state index contributed by atoms with van der Waals surface area (Å²) in [6, 6.07) is 15.9. The highest BCUT2D eigenvalue weighted by Crippen LogP contribution is 2.38. The number of primary amides is 1. The first-order chi connectivity index (χ1) is 15.9. The molecule has 1 aromatic heterocycles. The van der Waals surface area contributed by atoms with Gasteiger partial charge in [-0.2, -0.15) is 0 Å². The van der Waals surface area contributed by atoms with Gasteiger partial charge < -0.3 is 15.4 Å². The van der Waals surface area contributed by atoms with Crippen molar-refractivity contribution in [3.8, 4) is 28.0 Å². The van der Waals surface area contributed by atoms with Gasteiger partial charge in [0.2, 0.25) is 5.91 Å². The minimum Gasteiger partial charge on any atom is -0.491 e. The molecule has 0 unspecified atom stereocenters. The number of ether oxygens (including phenoxy) is 1. The largest absolute Gasteiger partial charge is 0.491 e. The van der Waals surface area contributed by atoms with Crippen molar-refractivity contribution < 1.29 is 9.53 Å². The molecule has 1 amide bonds. The lowest BCUT2D eigenvalue weighted by atomic mass is 9.87. The molecule has 0 atom stereocenters. The quantitative estimate of drug-likeness (QED) is 0.508. The van der Waals surface area contributed by atoms with Crippen LogP contribution < -0.4 is 15.4 Å². The Bertz CT molecular complexity index is 1100. The third-order valence-corrected chi connectivity index (χ3v) is 6.16.